The first-order chi connectivity index (χ1) is 8.74. The molecule has 1 aromatic rings. The molecule has 1 fully saturated rings. The van der Waals surface area contributed by atoms with Gasteiger partial charge in [-0.05, 0) is 0 Å². The maximum atomic E-state index is 9.93. The summed E-state index contributed by atoms with van der Waals surface area (Å²) < 4.78 is 12.8. The number of ether oxygens (including phenoxy) is 2. The molecule has 1 aromatic heterocycles. The van der Waals surface area contributed by atoms with Crippen LogP contribution < -0.4 is 20.4 Å². The Morgan fingerprint density at radius 1 is 1.56 bits per heavy atom. The van der Waals surface area contributed by atoms with E-state index in [1.807, 2.05) is 0 Å². The number of hydrogen-bond acceptors (Lipinski definition) is 6. The van der Waals surface area contributed by atoms with E-state index in [1.165, 1.54) is 0 Å². The van der Waals surface area contributed by atoms with Gasteiger partial charge < -0.3 is 30.7 Å². The molecule has 4 atom stereocenters. The van der Waals surface area contributed by atoms with Crippen LogP contribution in [-0.4, -0.2) is 46.8 Å². The van der Waals surface area contributed by atoms with Crippen LogP contribution >= 0.6 is 0 Å². The molecule has 0 aliphatic carbocycles. The molecule has 1 saturated heterocycles. The topological polar surface area (TPSA) is 115 Å². The SMILES string of the molecule is [NH3+]CNc1cc[n+]2c(n1)O[C@H]1[C@H](O)[C@@H](CO)O[C@H]12. The van der Waals surface area contributed by atoms with Crippen LogP contribution in [0.5, 0.6) is 6.01 Å². The molecule has 0 unspecified atom stereocenters. The minimum Gasteiger partial charge on any atom is -0.414 e. The number of aliphatic hydroxyl groups excluding tert-OH is 2. The third-order valence-corrected chi connectivity index (χ3v) is 3.14. The van der Waals surface area contributed by atoms with Crippen LogP contribution in [0.3, 0.4) is 0 Å². The van der Waals surface area contributed by atoms with Crippen molar-refractivity contribution in [2.75, 3.05) is 18.6 Å². The maximum Gasteiger partial charge on any atom is 0.503 e. The van der Waals surface area contributed by atoms with E-state index >= 15 is 0 Å². The first-order valence-corrected chi connectivity index (χ1v) is 5.81. The van der Waals surface area contributed by atoms with E-state index in [-0.39, 0.29) is 6.61 Å². The number of anilines is 1. The zero-order chi connectivity index (χ0) is 12.7. The molecule has 0 radical (unpaired) electrons. The largest absolute Gasteiger partial charge is 0.503 e. The summed E-state index contributed by atoms with van der Waals surface area (Å²) in [6.07, 6.45) is -0.653. The standard InChI is InChI=1S/C10H14N4O4/c11-4-12-6-1-2-14-9-8(18-10(14)13-6)7(16)5(3-15)17-9/h1-2,5,7-9,15-16H,3-4,11H2/p+2/t5-,7-,8+,9-/m1/s1. The molecule has 2 aliphatic heterocycles. The molecular formula is C10H16N4O4+2. The number of aliphatic hydroxyl groups is 2. The second-order valence-electron chi connectivity index (χ2n) is 4.25. The molecule has 3 heterocycles. The lowest BCUT2D eigenvalue weighted by atomic mass is 10.1. The van der Waals surface area contributed by atoms with Crippen molar-refractivity contribution in [3.8, 4) is 6.01 Å². The van der Waals surface area contributed by atoms with Crippen molar-refractivity contribution in [3.63, 3.8) is 0 Å². The number of fused-ring (bicyclic) bond motifs is 3. The second kappa shape index (κ2) is 4.32. The lowest BCUT2D eigenvalue weighted by molar-refractivity contribution is -0.746. The number of aromatic nitrogens is 2. The van der Waals surface area contributed by atoms with Crippen molar-refractivity contribution >= 4 is 5.82 Å². The Labute approximate surface area is 103 Å². The lowest BCUT2D eigenvalue weighted by Gasteiger charge is -2.11. The first kappa shape index (κ1) is 11.6. The number of nitrogens with zero attached hydrogens (tertiary/aromatic N) is 2. The fraction of sp³-hybridized carbons (Fsp3) is 0.600. The molecule has 8 nitrogen and oxygen atoms in total. The van der Waals surface area contributed by atoms with E-state index in [0.29, 0.717) is 18.5 Å². The summed E-state index contributed by atoms with van der Waals surface area (Å²) in [5.41, 5.74) is 3.67. The van der Waals surface area contributed by atoms with E-state index in [1.54, 1.807) is 16.8 Å². The van der Waals surface area contributed by atoms with Crippen LogP contribution in [-0.2, 0) is 4.74 Å². The van der Waals surface area contributed by atoms with Gasteiger partial charge in [-0.3, -0.25) is 0 Å². The van der Waals surface area contributed by atoms with Gasteiger partial charge in [-0.25, -0.2) is 0 Å². The fourth-order valence-corrected chi connectivity index (χ4v) is 2.26. The van der Waals surface area contributed by atoms with Gasteiger partial charge in [0.15, 0.2) is 0 Å². The molecule has 6 N–H and O–H groups in total. The second-order valence-corrected chi connectivity index (χ2v) is 4.25. The van der Waals surface area contributed by atoms with Crippen molar-refractivity contribution < 1.29 is 30.0 Å². The molecular weight excluding hydrogens is 240 g/mol. The predicted octanol–water partition coefficient (Wildman–Crippen LogP) is -3.01. The van der Waals surface area contributed by atoms with Gasteiger partial charge >= 0.3 is 6.01 Å². The Balaban J connectivity index is 1.87. The average molecular weight is 256 g/mol. The molecule has 98 valence electrons. The van der Waals surface area contributed by atoms with Crippen molar-refractivity contribution in [1.29, 1.82) is 0 Å². The molecule has 0 aromatic carbocycles. The van der Waals surface area contributed by atoms with Crippen LogP contribution in [0.15, 0.2) is 12.3 Å². The highest BCUT2D eigenvalue weighted by atomic mass is 16.6. The zero-order valence-electron chi connectivity index (χ0n) is 9.69. The highest BCUT2D eigenvalue weighted by Gasteiger charge is 2.55. The summed E-state index contributed by atoms with van der Waals surface area (Å²) in [4.78, 5) is 4.25. The van der Waals surface area contributed by atoms with Gasteiger partial charge in [-0.1, -0.05) is 0 Å². The molecule has 0 saturated carbocycles. The fourth-order valence-electron chi connectivity index (χ4n) is 2.26. The monoisotopic (exact) mass is 256 g/mol. The summed E-state index contributed by atoms with van der Waals surface area (Å²) in [6.45, 7) is 0.289. The third kappa shape index (κ3) is 1.62. The Morgan fingerprint density at radius 2 is 2.39 bits per heavy atom. The Hall–Kier alpha value is -1.48. The smallest absolute Gasteiger partial charge is 0.414 e. The highest BCUT2D eigenvalue weighted by Crippen LogP contribution is 2.33. The Kier molecular flexibility index (Phi) is 2.78. The van der Waals surface area contributed by atoms with Gasteiger partial charge in [0.2, 0.25) is 12.3 Å². The quantitative estimate of drug-likeness (QED) is 0.338. The van der Waals surface area contributed by atoms with E-state index < -0.39 is 24.5 Å². The molecule has 18 heavy (non-hydrogen) atoms. The van der Waals surface area contributed by atoms with Crippen molar-refractivity contribution in [1.82, 2.24) is 4.98 Å². The molecule has 3 rings (SSSR count). The van der Waals surface area contributed by atoms with Gasteiger partial charge in [0.25, 0.3) is 5.82 Å². The summed E-state index contributed by atoms with van der Waals surface area (Å²) in [5, 5.41) is 22.0. The van der Waals surface area contributed by atoms with E-state index in [4.69, 9.17) is 14.6 Å². The molecule has 0 amide bonds. The highest BCUT2D eigenvalue weighted by molar-refractivity contribution is 5.31. The minimum absolute atomic E-state index is 0.234. The molecule has 0 spiro atoms. The van der Waals surface area contributed by atoms with Gasteiger partial charge in [-0.2, -0.15) is 4.57 Å². The van der Waals surface area contributed by atoms with E-state index in [2.05, 4.69) is 16.0 Å². The molecule has 2 aliphatic rings. The maximum absolute atomic E-state index is 9.93. The summed E-state index contributed by atoms with van der Waals surface area (Å²) in [7, 11) is 0. The van der Waals surface area contributed by atoms with Gasteiger partial charge in [0.1, 0.15) is 25.1 Å². The van der Waals surface area contributed by atoms with Crippen LogP contribution in [0.2, 0.25) is 0 Å². The first-order valence-electron chi connectivity index (χ1n) is 5.81. The van der Waals surface area contributed by atoms with E-state index in [0.717, 1.165) is 0 Å². The van der Waals surface area contributed by atoms with Gasteiger partial charge in [0, 0.05) is 11.1 Å². The number of rotatable bonds is 3. The van der Waals surface area contributed by atoms with Crippen LogP contribution in [0.1, 0.15) is 6.23 Å². The Morgan fingerprint density at radius 3 is 3.11 bits per heavy atom. The van der Waals surface area contributed by atoms with Crippen molar-refractivity contribution in [2.45, 2.75) is 24.5 Å². The summed E-state index contributed by atoms with van der Waals surface area (Å²) >= 11 is 0. The zero-order valence-corrected chi connectivity index (χ0v) is 9.69. The molecule has 0 bridgehead atoms. The third-order valence-electron chi connectivity index (χ3n) is 3.14. The lowest BCUT2D eigenvalue weighted by Crippen LogP contribution is -2.54. The van der Waals surface area contributed by atoms with Gasteiger partial charge in [0.05, 0.1) is 6.61 Å². The number of quaternary nitrogens is 1. The van der Waals surface area contributed by atoms with Crippen LogP contribution in [0, 0.1) is 0 Å². The Bertz CT molecular complexity index is 458. The van der Waals surface area contributed by atoms with Gasteiger partial charge in [-0.15, -0.1) is 0 Å². The number of hydrogen-bond donors (Lipinski definition) is 4. The predicted molar refractivity (Wildman–Crippen MR) is 57.2 cm³/mol. The van der Waals surface area contributed by atoms with Crippen molar-refractivity contribution in [3.05, 3.63) is 12.3 Å². The number of nitrogens with one attached hydrogen (secondary N) is 1. The van der Waals surface area contributed by atoms with Crippen LogP contribution in [0.4, 0.5) is 5.82 Å². The van der Waals surface area contributed by atoms with Crippen LogP contribution in [0.25, 0.3) is 0 Å². The minimum atomic E-state index is -0.856. The van der Waals surface area contributed by atoms with Crippen molar-refractivity contribution in [2.24, 2.45) is 0 Å². The summed E-state index contributed by atoms with van der Waals surface area (Å²) in [6, 6.07) is 2.17. The normalized spacial score (nSPS) is 32.8. The van der Waals surface area contributed by atoms with E-state index in [9.17, 15) is 5.11 Å². The average Bonchev–Trinajstić information content (AvgIpc) is 2.87. The summed E-state index contributed by atoms with van der Waals surface area (Å²) in [5.74, 6) is 0.657. The molecule has 8 heteroatoms.